The Labute approximate surface area is 148 Å². The molecule has 0 unspecified atom stereocenters. The molecule has 2 saturated heterocycles. The van der Waals surface area contributed by atoms with Crippen LogP contribution < -0.4 is 10.6 Å². The van der Waals surface area contributed by atoms with Crippen molar-refractivity contribution in [2.75, 3.05) is 26.2 Å². The van der Waals surface area contributed by atoms with Crippen LogP contribution in [0.25, 0.3) is 0 Å². The number of hydrogen-bond acceptors (Lipinski definition) is 4. The Balaban J connectivity index is 1.79. The van der Waals surface area contributed by atoms with Gasteiger partial charge in [-0.25, -0.2) is 4.79 Å². The molecule has 0 bridgehead atoms. The minimum Gasteiger partial charge on any atom is -0.341 e. The van der Waals surface area contributed by atoms with Gasteiger partial charge in [-0.15, -0.1) is 0 Å². The maximum atomic E-state index is 12.1. The number of carbonyl (C=O) groups excluding carboxylic acids is 4. The van der Waals surface area contributed by atoms with Crippen LogP contribution in [0.5, 0.6) is 0 Å². The Morgan fingerprint density at radius 1 is 1.28 bits per heavy atom. The van der Waals surface area contributed by atoms with E-state index in [1.165, 1.54) is 4.90 Å². The third-order valence-electron chi connectivity index (χ3n) is 4.89. The van der Waals surface area contributed by atoms with Gasteiger partial charge in [-0.1, -0.05) is 13.8 Å². The topological polar surface area (TPSA) is 98.8 Å². The van der Waals surface area contributed by atoms with Crippen LogP contribution in [0.15, 0.2) is 0 Å². The second-order valence-electron chi connectivity index (χ2n) is 7.05. The van der Waals surface area contributed by atoms with Crippen LogP contribution in [0.1, 0.15) is 39.5 Å². The van der Waals surface area contributed by atoms with Gasteiger partial charge in [-0.3, -0.25) is 9.59 Å². The summed E-state index contributed by atoms with van der Waals surface area (Å²) in [5.41, 5.74) is 0. The summed E-state index contributed by atoms with van der Waals surface area (Å²) in [6, 6.07) is -0.978. The van der Waals surface area contributed by atoms with E-state index in [2.05, 4.69) is 10.6 Å². The fourth-order valence-electron chi connectivity index (χ4n) is 3.28. The highest BCUT2D eigenvalue weighted by Gasteiger charge is 2.29. The van der Waals surface area contributed by atoms with Gasteiger partial charge in [0.2, 0.25) is 11.8 Å². The molecule has 2 heterocycles. The summed E-state index contributed by atoms with van der Waals surface area (Å²) in [4.78, 5) is 50.2. The highest BCUT2D eigenvalue weighted by atomic mass is 16.2. The molecular formula is C17H28N4O4. The number of amides is 4. The van der Waals surface area contributed by atoms with E-state index in [0.29, 0.717) is 25.9 Å². The first-order valence-electron chi connectivity index (χ1n) is 8.99. The molecule has 0 spiro atoms. The molecule has 0 aromatic heterocycles. The van der Waals surface area contributed by atoms with E-state index in [1.54, 1.807) is 4.90 Å². The molecule has 2 aliphatic rings. The van der Waals surface area contributed by atoms with Gasteiger partial charge in [-0.2, -0.15) is 0 Å². The monoisotopic (exact) mass is 352 g/mol. The largest absolute Gasteiger partial charge is 0.341 e. The van der Waals surface area contributed by atoms with Gasteiger partial charge in [0.1, 0.15) is 6.29 Å². The number of likely N-dealkylation sites (tertiary alicyclic amines) is 2. The third-order valence-corrected chi connectivity index (χ3v) is 4.89. The van der Waals surface area contributed by atoms with E-state index < -0.39 is 6.03 Å². The number of carbonyl (C=O) groups is 4. The second-order valence-corrected chi connectivity index (χ2v) is 7.05. The van der Waals surface area contributed by atoms with E-state index in [4.69, 9.17) is 0 Å². The Morgan fingerprint density at radius 3 is 2.64 bits per heavy atom. The Kier molecular flexibility index (Phi) is 6.78. The molecule has 0 radical (unpaired) electrons. The molecule has 0 aromatic carbocycles. The standard InChI is InChI=1S/C17H28N4O4/c1-12(2)14(10-20-7-4-6-15(20)23)19-17(25)18-9-16(24)21-8-3-5-13(21)11-22/h11-14H,3-10H2,1-2H3,(H2,18,19,25)/t13-,14+/m0/s1. The molecule has 2 fully saturated rings. The van der Waals surface area contributed by atoms with Crippen molar-refractivity contribution in [1.82, 2.24) is 20.4 Å². The molecule has 0 saturated carbocycles. The minimum absolute atomic E-state index is 0.122. The Bertz CT molecular complexity index is 523. The molecule has 140 valence electrons. The van der Waals surface area contributed by atoms with E-state index in [-0.39, 0.29) is 36.4 Å². The summed E-state index contributed by atoms with van der Waals surface area (Å²) >= 11 is 0. The van der Waals surface area contributed by atoms with Gasteiger partial charge >= 0.3 is 6.03 Å². The SMILES string of the molecule is CC(C)[C@@H](CN1CCCC1=O)NC(=O)NCC(=O)N1CCC[C@H]1C=O. The fraction of sp³-hybridized carbons (Fsp3) is 0.765. The third kappa shape index (κ3) is 5.17. The number of aldehydes is 1. The van der Waals surface area contributed by atoms with E-state index >= 15 is 0 Å². The van der Waals surface area contributed by atoms with Gasteiger partial charge in [-0.05, 0) is 25.2 Å². The van der Waals surface area contributed by atoms with Gasteiger partial charge in [0.05, 0.1) is 18.6 Å². The first-order chi connectivity index (χ1) is 11.9. The summed E-state index contributed by atoms with van der Waals surface area (Å²) in [6.07, 6.45) is 3.70. The van der Waals surface area contributed by atoms with Gasteiger partial charge in [0.25, 0.3) is 0 Å². The molecule has 0 aromatic rings. The zero-order chi connectivity index (χ0) is 18.4. The lowest BCUT2D eigenvalue weighted by Gasteiger charge is -2.28. The summed E-state index contributed by atoms with van der Waals surface area (Å²) in [5.74, 6) is 0.0328. The van der Waals surface area contributed by atoms with Gasteiger partial charge < -0.3 is 25.2 Å². The summed E-state index contributed by atoms with van der Waals surface area (Å²) < 4.78 is 0. The summed E-state index contributed by atoms with van der Waals surface area (Å²) in [6.45, 7) is 5.59. The lowest BCUT2D eigenvalue weighted by molar-refractivity contribution is -0.133. The van der Waals surface area contributed by atoms with Gasteiger partial charge in [0.15, 0.2) is 0 Å². The maximum Gasteiger partial charge on any atom is 0.315 e. The van der Waals surface area contributed by atoms with Crippen molar-refractivity contribution in [2.45, 2.75) is 51.6 Å². The molecule has 0 aliphatic carbocycles. The van der Waals surface area contributed by atoms with Crippen molar-refractivity contribution < 1.29 is 19.2 Å². The molecule has 2 atom stereocenters. The highest BCUT2D eigenvalue weighted by Crippen LogP contribution is 2.15. The number of nitrogens with one attached hydrogen (secondary N) is 2. The van der Waals surface area contributed by atoms with Crippen LogP contribution in [0.2, 0.25) is 0 Å². The van der Waals surface area contributed by atoms with Crippen molar-refractivity contribution in [3.8, 4) is 0 Å². The Morgan fingerprint density at radius 2 is 2.04 bits per heavy atom. The quantitative estimate of drug-likeness (QED) is 0.636. The highest BCUT2D eigenvalue weighted by molar-refractivity contribution is 5.86. The number of nitrogens with zero attached hydrogens (tertiary/aromatic N) is 2. The van der Waals surface area contributed by atoms with Crippen LogP contribution in [-0.4, -0.2) is 72.2 Å². The smallest absolute Gasteiger partial charge is 0.315 e. The number of urea groups is 1. The van der Waals surface area contributed by atoms with Crippen LogP contribution in [0.4, 0.5) is 4.79 Å². The predicted octanol–water partition coefficient (Wildman–Crippen LogP) is 0.123. The van der Waals surface area contributed by atoms with Crippen molar-refractivity contribution in [2.24, 2.45) is 5.92 Å². The van der Waals surface area contributed by atoms with Crippen LogP contribution >= 0.6 is 0 Å². The molecule has 2 aliphatic heterocycles. The fourth-order valence-corrected chi connectivity index (χ4v) is 3.28. The number of hydrogen-bond donors (Lipinski definition) is 2. The molecular weight excluding hydrogens is 324 g/mol. The van der Waals surface area contributed by atoms with Crippen molar-refractivity contribution in [1.29, 1.82) is 0 Å². The van der Waals surface area contributed by atoms with Crippen molar-refractivity contribution in [3.05, 3.63) is 0 Å². The first kappa shape index (κ1) is 19.2. The number of rotatable bonds is 7. The zero-order valence-corrected chi connectivity index (χ0v) is 15.0. The van der Waals surface area contributed by atoms with E-state index in [1.807, 2.05) is 13.8 Å². The van der Waals surface area contributed by atoms with Crippen LogP contribution in [0.3, 0.4) is 0 Å². The predicted molar refractivity (Wildman–Crippen MR) is 91.8 cm³/mol. The van der Waals surface area contributed by atoms with Gasteiger partial charge in [0, 0.05) is 26.1 Å². The average molecular weight is 352 g/mol. The Hall–Kier alpha value is -2.12. The maximum absolute atomic E-state index is 12.1. The molecule has 2 rings (SSSR count). The summed E-state index contributed by atoms with van der Waals surface area (Å²) in [5, 5.41) is 5.42. The zero-order valence-electron chi connectivity index (χ0n) is 15.0. The average Bonchev–Trinajstić information content (AvgIpc) is 3.21. The first-order valence-corrected chi connectivity index (χ1v) is 8.99. The van der Waals surface area contributed by atoms with Crippen LogP contribution in [0, 0.1) is 5.92 Å². The molecule has 4 amide bonds. The molecule has 25 heavy (non-hydrogen) atoms. The lowest BCUT2D eigenvalue weighted by atomic mass is 10.0. The van der Waals surface area contributed by atoms with Crippen molar-refractivity contribution in [3.63, 3.8) is 0 Å². The van der Waals surface area contributed by atoms with Crippen molar-refractivity contribution >= 4 is 24.1 Å². The second kappa shape index (κ2) is 8.82. The van der Waals surface area contributed by atoms with E-state index in [9.17, 15) is 19.2 Å². The summed E-state index contributed by atoms with van der Waals surface area (Å²) in [7, 11) is 0. The molecule has 2 N–H and O–H groups in total. The van der Waals surface area contributed by atoms with Crippen LogP contribution in [-0.2, 0) is 14.4 Å². The normalized spacial score (nSPS) is 21.6. The molecule has 8 heteroatoms. The molecule has 8 nitrogen and oxygen atoms in total. The van der Waals surface area contributed by atoms with E-state index in [0.717, 1.165) is 25.7 Å². The minimum atomic E-state index is -0.430. The lowest BCUT2D eigenvalue weighted by Crippen LogP contribution is -2.52.